The quantitative estimate of drug-likeness (QED) is 0.463. The van der Waals surface area contributed by atoms with E-state index in [4.69, 9.17) is 0 Å². The fraction of sp³-hybridized carbons (Fsp3) is 0.286. The largest absolute Gasteiger partial charge is 0.364 e. The summed E-state index contributed by atoms with van der Waals surface area (Å²) < 4.78 is 0. The third-order valence-electron chi connectivity index (χ3n) is 2.57. The number of hydrogen-bond acceptors (Lipinski definition) is 4. The van der Waals surface area contributed by atoms with Crippen LogP contribution >= 0.6 is 0 Å². The van der Waals surface area contributed by atoms with Crippen LogP contribution in [0.2, 0.25) is 0 Å². The van der Waals surface area contributed by atoms with Gasteiger partial charge in [-0.2, -0.15) is 0 Å². The lowest BCUT2D eigenvalue weighted by Crippen LogP contribution is -2.24. The lowest BCUT2D eigenvalue weighted by atomic mass is 10.1. The van der Waals surface area contributed by atoms with Crippen LogP contribution in [-0.4, -0.2) is 42.9 Å². The van der Waals surface area contributed by atoms with Gasteiger partial charge in [-0.1, -0.05) is 18.2 Å². The van der Waals surface area contributed by atoms with E-state index in [1.54, 1.807) is 30.3 Å². The Bertz CT molecular complexity index is 481. The Kier molecular flexibility index (Phi) is 5.11. The third-order valence-corrected chi connectivity index (χ3v) is 2.57. The van der Waals surface area contributed by atoms with Crippen molar-refractivity contribution in [2.45, 2.75) is 0 Å². The Hall–Kier alpha value is -2.30. The number of allylic oxidation sites excluding steroid dienone is 2. The maximum absolute atomic E-state index is 11.1. The zero-order valence-electron chi connectivity index (χ0n) is 11.7. The zero-order valence-corrected chi connectivity index (χ0v) is 11.7. The summed E-state index contributed by atoms with van der Waals surface area (Å²) in [5, 5.41) is 11.1. The fourth-order valence-corrected chi connectivity index (χ4v) is 1.72. The van der Waals surface area contributed by atoms with Gasteiger partial charge < -0.3 is 9.80 Å². The maximum atomic E-state index is 11.1. The normalized spacial score (nSPS) is 10.8. The van der Waals surface area contributed by atoms with E-state index < -0.39 is 0 Å². The Morgan fingerprint density at radius 2 is 1.58 bits per heavy atom. The molecule has 0 saturated heterocycles. The van der Waals surface area contributed by atoms with Crippen LogP contribution in [0.15, 0.2) is 48.3 Å². The van der Waals surface area contributed by atoms with E-state index in [2.05, 4.69) is 0 Å². The lowest BCUT2D eigenvalue weighted by Gasteiger charge is -2.23. The SMILES string of the molecule is CN(C)C(=C/C=C(\c1ccccc1)[N+](=O)[O-])N(C)C. The number of hydrogen-bond donors (Lipinski definition) is 0. The van der Waals surface area contributed by atoms with Gasteiger partial charge in [-0.3, -0.25) is 10.1 Å². The second kappa shape index (κ2) is 6.58. The minimum absolute atomic E-state index is 0.0850. The maximum Gasteiger partial charge on any atom is 0.276 e. The Balaban J connectivity index is 3.17. The van der Waals surface area contributed by atoms with Gasteiger partial charge >= 0.3 is 0 Å². The molecule has 0 aliphatic carbocycles. The van der Waals surface area contributed by atoms with E-state index in [1.807, 2.05) is 44.1 Å². The van der Waals surface area contributed by atoms with E-state index in [0.717, 1.165) is 5.82 Å². The van der Waals surface area contributed by atoms with Crippen molar-refractivity contribution >= 4 is 5.70 Å². The standard InChI is InChI=1S/C14H19N3O2/c1-15(2)14(16(3)4)11-10-13(17(18)19)12-8-6-5-7-9-12/h5-11H,1-4H3/b13-10+. The molecule has 0 aliphatic rings. The number of benzene rings is 1. The van der Waals surface area contributed by atoms with Crippen LogP contribution in [0.4, 0.5) is 0 Å². The van der Waals surface area contributed by atoms with Crippen molar-refractivity contribution in [3.8, 4) is 0 Å². The smallest absolute Gasteiger partial charge is 0.276 e. The Labute approximate surface area is 113 Å². The topological polar surface area (TPSA) is 49.6 Å². The van der Waals surface area contributed by atoms with Crippen LogP contribution in [0.25, 0.3) is 5.70 Å². The van der Waals surface area contributed by atoms with Gasteiger partial charge in [0.05, 0.1) is 10.5 Å². The van der Waals surface area contributed by atoms with E-state index in [1.165, 1.54) is 6.08 Å². The van der Waals surface area contributed by atoms with Crippen molar-refractivity contribution in [1.82, 2.24) is 9.80 Å². The molecular formula is C14H19N3O2. The molecule has 0 saturated carbocycles. The molecule has 19 heavy (non-hydrogen) atoms. The van der Waals surface area contributed by atoms with Gasteiger partial charge in [0.2, 0.25) is 0 Å². The van der Waals surface area contributed by atoms with Gasteiger partial charge in [0.15, 0.2) is 0 Å². The van der Waals surface area contributed by atoms with Gasteiger partial charge in [0.1, 0.15) is 5.82 Å². The van der Waals surface area contributed by atoms with Crippen LogP contribution in [0.1, 0.15) is 5.56 Å². The Morgan fingerprint density at radius 3 is 2.00 bits per heavy atom. The number of nitrogens with zero attached hydrogens (tertiary/aromatic N) is 3. The second-order valence-electron chi connectivity index (χ2n) is 4.49. The molecule has 0 amide bonds. The molecule has 1 aromatic rings. The van der Waals surface area contributed by atoms with E-state index in [0.29, 0.717) is 5.56 Å². The lowest BCUT2D eigenvalue weighted by molar-refractivity contribution is -0.375. The molecule has 5 nitrogen and oxygen atoms in total. The minimum atomic E-state index is -0.366. The molecule has 0 aromatic heterocycles. The first-order valence-corrected chi connectivity index (χ1v) is 5.90. The van der Waals surface area contributed by atoms with Crippen molar-refractivity contribution < 1.29 is 4.92 Å². The van der Waals surface area contributed by atoms with Crippen LogP contribution in [-0.2, 0) is 0 Å². The molecule has 102 valence electrons. The molecule has 0 bridgehead atoms. The number of nitro groups is 1. The van der Waals surface area contributed by atoms with E-state index in [-0.39, 0.29) is 10.6 Å². The summed E-state index contributed by atoms with van der Waals surface area (Å²) in [7, 11) is 7.59. The van der Waals surface area contributed by atoms with Gasteiger partial charge in [-0.25, -0.2) is 0 Å². The third kappa shape index (κ3) is 4.13. The first-order valence-electron chi connectivity index (χ1n) is 5.90. The monoisotopic (exact) mass is 261 g/mol. The summed E-state index contributed by atoms with van der Waals surface area (Å²) in [6.45, 7) is 0. The van der Waals surface area contributed by atoms with Crippen molar-refractivity contribution in [1.29, 1.82) is 0 Å². The summed E-state index contributed by atoms with van der Waals surface area (Å²) in [4.78, 5) is 14.6. The molecule has 0 N–H and O–H groups in total. The molecular weight excluding hydrogens is 242 g/mol. The highest BCUT2D eigenvalue weighted by Crippen LogP contribution is 2.15. The highest BCUT2D eigenvalue weighted by molar-refractivity contribution is 5.60. The van der Waals surface area contributed by atoms with Crippen LogP contribution in [0, 0.1) is 10.1 Å². The molecule has 0 aliphatic heterocycles. The summed E-state index contributed by atoms with van der Waals surface area (Å²) in [6.07, 6.45) is 3.27. The van der Waals surface area contributed by atoms with Gasteiger partial charge in [-0.15, -0.1) is 0 Å². The van der Waals surface area contributed by atoms with Crippen molar-refractivity contribution in [2.75, 3.05) is 28.2 Å². The van der Waals surface area contributed by atoms with Crippen molar-refractivity contribution in [3.05, 3.63) is 64.0 Å². The van der Waals surface area contributed by atoms with Crippen molar-refractivity contribution in [2.24, 2.45) is 0 Å². The van der Waals surface area contributed by atoms with Gasteiger partial charge in [0, 0.05) is 34.3 Å². The molecule has 0 atom stereocenters. The summed E-state index contributed by atoms with van der Waals surface area (Å²) in [5.74, 6) is 0.885. The highest BCUT2D eigenvalue weighted by atomic mass is 16.6. The molecule has 0 fully saturated rings. The van der Waals surface area contributed by atoms with Crippen LogP contribution in [0.5, 0.6) is 0 Å². The molecule has 0 unspecified atom stereocenters. The second-order valence-corrected chi connectivity index (χ2v) is 4.49. The molecule has 0 heterocycles. The number of rotatable bonds is 5. The van der Waals surface area contributed by atoms with E-state index >= 15 is 0 Å². The molecule has 1 rings (SSSR count). The predicted octanol–water partition coefficient (Wildman–Crippen LogP) is 2.27. The summed E-state index contributed by atoms with van der Waals surface area (Å²) >= 11 is 0. The predicted molar refractivity (Wildman–Crippen MR) is 76.9 cm³/mol. The zero-order chi connectivity index (χ0) is 14.4. The fourth-order valence-electron chi connectivity index (χ4n) is 1.72. The molecule has 5 heteroatoms. The first-order chi connectivity index (χ1) is 8.93. The summed E-state index contributed by atoms with van der Waals surface area (Å²) in [6, 6.07) is 8.87. The van der Waals surface area contributed by atoms with Crippen LogP contribution in [0.3, 0.4) is 0 Å². The first kappa shape index (κ1) is 14.8. The molecule has 1 aromatic carbocycles. The highest BCUT2D eigenvalue weighted by Gasteiger charge is 2.12. The molecule has 0 radical (unpaired) electrons. The average Bonchev–Trinajstić information content (AvgIpc) is 2.34. The summed E-state index contributed by atoms with van der Waals surface area (Å²) in [5.41, 5.74) is 0.683. The minimum Gasteiger partial charge on any atom is -0.364 e. The average molecular weight is 261 g/mol. The van der Waals surface area contributed by atoms with Gasteiger partial charge in [0.25, 0.3) is 5.70 Å². The van der Waals surface area contributed by atoms with Gasteiger partial charge in [-0.05, 0) is 18.2 Å². The van der Waals surface area contributed by atoms with E-state index in [9.17, 15) is 10.1 Å². The van der Waals surface area contributed by atoms with Crippen LogP contribution < -0.4 is 0 Å². The Morgan fingerprint density at radius 1 is 1.05 bits per heavy atom. The molecule has 0 spiro atoms. The van der Waals surface area contributed by atoms with Crippen molar-refractivity contribution in [3.63, 3.8) is 0 Å².